The number of rotatable bonds is 8. The third kappa shape index (κ3) is 6.01. The van der Waals surface area contributed by atoms with Crippen LogP contribution in [0.3, 0.4) is 0 Å². The molecule has 0 heterocycles. The second-order valence-corrected chi connectivity index (χ2v) is 5.42. The number of unbranched alkanes of at least 4 members (excludes halogenated alkanes) is 1. The second-order valence-electron chi connectivity index (χ2n) is 5.42. The van der Waals surface area contributed by atoms with Gasteiger partial charge in [0.25, 0.3) is 0 Å². The number of carboxylic acid groups (broad SMARTS) is 1. The SMILES string of the molecule is CC(O)/C=C\C[C@H]1C(=O)CC[C@@H]1CCCCC(=O)O. The molecule has 1 aliphatic carbocycles. The van der Waals surface area contributed by atoms with E-state index in [1.54, 1.807) is 13.0 Å². The van der Waals surface area contributed by atoms with E-state index in [1.807, 2.05) is 6.08 Å². The quantitative estimate of drug-likeness (QED) is 0.524. The van der Waals surface area contributed by atoms with E-state index in [4.69, 9.17) is 10.2 Å². The van der Waals surface area contributed by atoms with Crippen LogP contribution in [-0.4, -0.2) is 28.1 Å². The van der Waals surface area contributed by atoms with Crippen LogP contribution in [0.2, 0.25) is 0 Å². The molecule has 1 aliphatic rings. The van der Waals surface area contributed by atoms with E-state index in [2.05, 4.69) is 0 Å². The zero-order valence-electron chi connectivity index (χ0n) is 11.5. The van der Waals surface area contributed by atoms with Gasteiger partial charge in [-0.1, -0.05) is 18.6 Å². The minimum atomic E-state index is -0.751. The number of allylic oxidation sites excluding steroid dienone is 1. The standard InChI is InChI=1S/C15H24O4/c1-11(16)5-4-7-13-12(9-10-14(13)17)6-2-3-8-15(18)19/h4-5,11-13,16H,2-3,6-10H2,1H3,(H,18,19)/b5-4-/t11?,12-,13+/m0/s1. The van der Waals surface area contributed by atoms with Crippen LogP contribution in [0.25, 0.3) is 0 Å². The number of aliphatic hydroxyl groups is 1. The number of aliphatic hydroxyl groups excluding tert-OH is 1. The van der Waals surface area contributed by atoms with Gasteiger partial charge in [0.1, 0.15) is 5.78 Å². The van der Waals surface area contributed by atoms with E-state index in [9.17, 15) is 9.59 Å². The summed E-state index contributed by atoms with van der Waals surface area (Å²) in [5.74, 6) is 0.0252. The Morgan fingerprint density at radius 1 is 1.47 bits per heavy atom. The van der Waals surface area contributed by atoms with Crippen LogP contribution in [0.5, 0.6) is 0 Å². The number of carboxylic acids is 1. The van der Waals surface area contributed by atoms with Crippen molar-refractivity contribution >= 4 is 11.8 Å². The van der Waals surface area contributed by atoms with Crippen LogP contribution < -0.4 is 0 Å². The number of Topliss-reactive ketones (excluding diaryl/α,β-unsaturated/α-hetero) is 1. The molecule has 4 nitrogen and oxygen atoms in total. The van der Waals surface area contributed by atoms with Crippen LogP contribution in [0.4, 0.5) is 0 Å². The molecule has 0 aromatic carbocycles. The van der Waals surface area contributed by atoms with Crippen LogP contribution in [0, 0.1) is 11.8 Å². The smallest absolute Gasteiger partial charge is 0.303 e. The van der Waals surface area contributed by atoms with Gasteiger partial charge in [-0.05, 0) is 38.5 Å². The van der Waals surface area contributed by atoms with Gasteiger partial charge in [0.05, 0.1) is 6.10 Å². The van der Waals surface area contributed by atoms with Gasteiger partial charge in [0, 0.05) is 18.8 Å². The van der Waals surface area contributed by atoms with Crippen LogP contribution in [0.1, 0.15) is 51.9 Å². The molecule has 1 saturated carbocycles. The Hall–Kier alpha value is -1.16. The summed E-state index contributed by atoms with van der Waals surface area (Å²) in [6.07, 6.45) is 8.14. The largest absolute Gasteiger partial charge is 0.481 e. The number of hydrogen-bond acceptors (Lipinski definition) is 3. The van der Waals surface area contributed by atoms with Crippen molar-refractivity contribution in [1.29, 1.82) is 0 Å². The lowest BCUT2D eigenvalue weighted by atomic mass is 9.88. The highest BCUT2D eigenvalue weighted by Crippen LogP contribution is 2.35. The van der Waals surface area contributed by atoms with Crippen LogP contribution in [-0.2, 0) is 9.59 Å². The predicted octanol–water partition coefficient (Wildman–Crippen LogP) is 2.55. The molecular formula is C15H24O4. The number of ketones is 1. The fraction of sp³-hybridized carbons (Fsp3) is 0.733. The van der Waals surface area contributed by atoms with Gasteiger partial charge in [0.2, 0.25) is 0 Å². The maximum absolute atomic E-state index is 11.8. The first-order valence-electron chi connectivity index (χ1n) is 7.10. The minimum absolute atomic E-state index is 0.0693. The molecule has 108 valence electrons. The normalized spacial score (nSPS) is 25.1. The summed E-state index contributed by atoms with van der Waals surface area (Å²) >= 11 is 0. The third-order valence-corrected chi connectivity index (χ3v) is 3.76. The zero-order valence-corrected chi connectivity index (χ0v) is 11.5. The monoisotopic (exact) mass is 268 g/mol. The Morgan fingerprint density at radius 2 is 2.21 bits per heavy atom. The summed E-state index contributed by atoms with van der Waals surface area (Å²) in [4.78, 5) is 22.2. The highest BCUT2D eigenvalue weighted by atomic mass is 16.4. The van der Waals surface area contributed by atoms with E-state index in [1.165, 1.54) is 0 Å². The lowest BCUT2D eigenvalue weighted by Gasteiger charge is -2.16. The average Bonchev–Trinajstić information content (AvgIpc) is 2.66. The van der Waals surface area contributed by atoms with Crippen molar-refractivity contribution in [1.82, 2.24) is 0 Å². The van der Waals surface area contributed by atoms with Crippen molar-refractivity contribution in [3.8, 4) is 0 Å². The maximum atomic E-state index is 11.8. The third-order valence-electron chi connectivity index (χ3n) is 3.76. The van der Waals surface area contributed by atoms with Crippen LogP contribution >= 0.6 is 0 Å². The summed E-state index contributed by atoms with van der Waals surface area (Å²) < 4.78 is 0. The lowest BCUT2D eigenvalue weighted by Crippen LogP contribution is -2.14. The van der Waals surface area contributed by atoms with Gasteiger partial charge >= 0.3 is 5.97 Å². The summed E-state index contributed by atoms with van der Waals surface area (Å²) in [5.41, 5.74) is 0. The number of carbonyl (C=O) groups excluding carboxylic acids is 1. The highest BCUT2D eigenvalue weighted by Gasteiger charge is 2.32. The van der Waals surface area contributed by atoms with Crippen molar-refractivity contribution in [3.05, 3.63) is 12.2 Å². The Labute approximate surface area is 114 Å². The molecule has 0 saturated heterocycles. The van der Waals surface area contributed by atoms with Gasteiger partial charge in [-0.25, -0.2) is 0 Å². The molecule has 0 amide bonds. The molecule has 1 fully saturated rings. The molecule has 1 rings (SSSR count). The second kappa shape index (κ2) is 8.10. The molecular weight excluding hydrogens is 244 g/mol. The molecule has 0 radical (unpaired) electrons. The first-order chi connectivity index (χ1) is 9.00. The van der Waals surface area contributed by atoms with Crippen molar-refractivity contribution in [3.63, 3.8) is 0 Å². The van der Waals surface area contributed by atoms with E-state index in [0.717, 1.165) is 19.3 Å². The number of hydrogen-bond donors (Lipinski definition) is 2. The highest BCUT2D eigenvalue weighted by molar-refractivity contribution is 5.83. The topological polar surface area (TPSA) is 74.6 Å². The molecule has 0 aromatic rings. The van der Waals surface area contributed by atoms with E-state index >= 15 is 0 Å². The van der Waals surface area contributed by atoms with E-state index < -0.39 is 12.1 Å². The zero-order chi connectivity index (χ0) is 14.3. The summed E-state index contributed by atoms with van der Waals surface area (Å²) in [5, 5.41) is 17.7. The van der Waals surface area contributed by atoms with Crippen molar-refractivity contribution < 1.29 is 19.8 Å². The predicted molar refractivity (Wildman–Crippen MR) is 72.8 cm³/mol. The molecule has 2 N–H and O–H groups in total. The van der Waals surface area contributed by atoms with Gasteiger partial charge in [-0.3, -0.25) is 9.59 Å². The summed E-state index contributed by atoms with van der Waals surface area (Å²) in [7, 11) is 0. The molecule has 3 atom stereocenters. The Balaban J connectivity index is 2.34. The van der Waals surface area contributed by atoms with Crippen molar-refractivity contribution in [2.24, 2.45) is 11.8 Å². The first kappa shape index (κ1) is 15.9. The molecule has 0 aliphatic heterocycles. The van der Waals surface area contributed by atoms with Crippen LogP contribution in [0.15, 0.2) is 12.2 Å². The average molecular weight is 268 g/mol. The van der Waals surface area contributed by atoms with Crippen molar-refractivity contribution in [2.45, 2.75) is 58.0 Å². The maximum Gasteiger partial charge on any atom is 0.303 e. The van der Waals surface area contributed by atoms with Gasteiger partial charge in [-0.2, -0.15) is 0 Å². The van der Waals surface area contributed by atoms with Gasteiger partial charge in [0.15, 0.2) is 0 Å². The Morgan fingerprint density at radius 3 is 2.84 bits per heavy atom. The van der Waals surface area contributed by atoms with Gasteiger partial charge < -0.3 is 10.2 Å². The lowest BCUT2D eigenvalue weighted by molar-refractivity contribution is -0.137. The summed E-state index contributed by atoms with van der Waals surface area (Å²) in [6.45, 7) is 1.69. The molecule has 4 heteroatoms. The Bertz CT molecular complexity index is 333. The molecule has 19 heavy (non-hydrogen) atoms. The minimum Gasteiger partial charge on any atom is -0.481 e. The van der Waals surface area contributed by atoms with Gasteiger partial charge in [-0.15, -0.1) is 0 Å². The van der Waals surface area contributed by atoms with E-state index in [0.29, 0.717) is 31.0 Å². The molecule has 1 unspecified atom stereocenters. The fourth-order valence-electron chi connectivity index (χ4n) is 2.75. The molecule has 0 spiro atoms. The summed E-state index contributed by atoms with van der Waals surface area (Å²) in [6, 6.07) is 0. The van der Waals surface area contributed by atoms with E-state index in [-0.39, 0.29) is 12.3 Å². The number of aliphatic carboxylic acids is 1. The Kier molecular flexibility index (Phi) is 6.78. The first-order valence-corrected chi connectivity index (χ1v) is 7.10. The molecule has 0 bridgehead atoms. The fourth-order valence-corrected chi connectivity index (χ4v) is 2.75. The number of carbonyl (C=O) groups is 2. The molecule has 0 aromatic heterocycles. The van der Waals surface area contributed by atoms with Crippen molar-refractivity contribution in [2.75, 3.05) is 0 Å².